The second-order valence-corrected chi connectivity index (χ2v) is 7.94. The van der Waals surface area contributed by atoms with Crippen LogP contribution in [0.2, 0.25) is 0 Å². The van der Waals surface area contributed by atoms with Crippen LogP contribution in [-0.2, 0) is 40.0 Å². The lowest BCUT2D eigenvalue weighted by Crippen LogP contribution is -2.58. The molecule has 0 saturated carbocycles. The third-order valence-electron chi connectivity index (χ3n) is 4.92. The molecule has 37 heavy (non-hydrogen) atoms. The van der Waals surface area contributed by atoms with E-state index in [1.807, 2.05) is 5.32 Å². The third kappa shape index (κ3) is 11.6. The Bertz CT molecular complexity index is 998. The monoisotopic (exact) mass is 527 g/mol. The van der Waals surface area contributed by atoms with Crippen LogP contribution in [-0.4, -0.2) is 91.0 Å². The van der Waals surface area contributed by atoms with Crippen molar-refractivity contribution in [3.05, 3.63) is 18.2 Å². The number of aliphatic carboxylic acids is 3. The minimum absolute atomic E-state index is 0.115. The zero-order valence-electron chi connectivity index (χ0n) is 19.5. The van der Waals surface area contributed by atoms with Crippen LogP contribution >= 0.6 is 0 Å². The maximum Gasteiger partial charge on any atom is 0.326 e. The summed E-state index contributed by atoms with van der Waals surface area (Å²) < 4.78 is 0. The van der Waals surface area contributed by atoms with Gasteiger partial charge >= 0.3 is 17.9 Å². The molecule has 0 aliphatic rings. The van der Waals surface area contributed by atoms with Crippen LogP contribution in [0.15, 0.2) is 12.5 Å². The minimum atomic E-state index is -1.78. The number of H-pyrrole nitrogens is 1. The van der Waals surface area contributed by atoms with E-state index in [0.29, 0.717) is 5.69 Å². The average molecular weight is 527 g/mol. The van der Waals surface area contributed by atoms with Crippen LogP contribution in [0.5, 0.6) is 0 Å². The van der Waals surface area contributed by atoms with E-state index in [1.54, 1.807) is 0 Å². The lowest BCUT2D eigenvalue weighted by atomic mass is 10.1. The lowest BCUT2D eigenvalue weighted by Gasteiger charge is -2.24. The number of carbonyl (C=O) groups excluding carboxylic acids is 4. The van der Waals surface area contributed by atoms with E-state index in [9.17, 15) is 43.8 Å². The number of rotatable bonds is 17. The highest BCUT2D eigenvalue weighted by Gasteiger charge is 2.32. The number of aromatic amines is 1. The van der Waals surface area contributed by atoms with Crippen molar-refractivity contribution in [2.24, 2.45) is 11.5 Å². The Morgan fingerprint density at radius 3 is 1.95 bits per heavy atom. The van der Waals surface area contributed by atoms with Crippen LogP contribution in [0.1, 0.15) is 37.8 Å². The molecule has 11 N–H and O–H groups in total. The van der Waals surface area contributed by atoms with E-state index in [4.69, 9.17) is 16.6 Å². The topological polar surface area (TPSA) is 297 Å². The summed E-state index contributed by atoms with van der Waals surface area (Å²) in [6.07, 6.45) is 0.113. The average Bonchev–Trinajstić information content (AvgIpc) is 3.31. The smallest absolute Gasteiger partial charge is 0.326 e. The Kier molecular flexibility index (Phi) is 12.2. The van der Waals surface area contributed by atoms with Gasteiger partial charge in [0.2, 0.25) is 23.6 Å². The molecule has 4 unspecified atom stereocenters. The number of carboxylic acids is 3. The SMILES string of the molecule is NC(=O)CCC(N)C(=O)NC(Cc1cnc[nH]1)C(=O)NC(CC(=O)O)C(=O)NC(CCC(=O)O)C(=O)O. The summed E-state index contributed by atoms with van der Waals surface area (Å²) in [6.45, 7) is 0. The Morgan fingerprint density at radius 1 is 0.838 bits per heavy atom. The molecule has 4 amide bonds. The molecule has 0 fully saturated rings. The summed E-state index contributed by atoms with van der Waals surface area (Å²) in [5.74, 6) is -8.13. The normalized spacial score (nSPS) is 13.9. The summed E-state index contributed by atoms with van der Waals surface area (Å²) in [5.41, 5.74) is 11.1. The fraction of sp³-hybridized carbons (Fsp3) is 0.500. The third-order valence-corrected chi connectivity index (χ3v) is 4.92. The van der Waals surface area contributed by atoms with Crippen molar-refractivity contribution in [1.82, 2.24) is 25.9 Å². The largest absolute Gasteiger partial charge is 0.481 e. The Labute approximate surface area is 209 Å². The van der Waals surface area contributed by atoms with Crippen LogP contribution in [0.3, 0.4) is 0 Å². The molecule has 204 valence electrons. The Hall–Kier alpha value is -4.54. The number of hydrogen-bond donors (Lipinski definition) is 9. The fourth-order valence-electron chi connectivity index (χ4n) is 2.99. The van der Waals surface area contributed by atoms with Gasteiger partial charge in [-0.25, -0.2) is 9.78 Å². The first kappa shape index (κ1) is 30.5. The number of nitrogens with zero attached hydrogens (tertiary/aromatic N) is 1. The second kappa shape index (κ2) is 14.8. The number of carbonyl (C=O) groups is 7. The molecule has 17 nitrogen and oxygen atoms in total. The Morgan fingerprint density at radius 2 is 1.43 bits per heavy atom. The number of nitrogens with one attached hydrogen (secondary N) is 4. The van der Waals surface area contributed by atoms with E-state index in [1.165, 1.54) is 12.5 Å². The molecule has 0 aliphatic heterocycles. The highest BCUT2D eigenvalue weighted by molar-refractivity contribution is 5.95. The van der Waals surface area contributed by atoms with Crippen molar-refractivity contribution in [1.29, 1.82) is 0 Å². The van der Waals surface area contributed by atoms with Crippen molar-refractivity contribution in [3.63, 3.8) is 0 Å². The number of primary amides is 1. The molecular formula is C20H29N7O10. The van der Waals surface area contributed by atoms with Gasteiger partial charge < -0.3 is 47.7 Å². The molecular weight excluding hydrogens is 498 g/mol. The van der Waals surface area contributed by atoms with Gasteiger partial charge in [0.15, 0.2) is 0 Å². The predicted octanol–water partition coefficient (Wildman–Crippen LogP) is -3.58. The molecule has 0 aliphatic carbocycles. The number of carboxylic acid groups (broad SMARTS) is 3. The van der Waals surface area contributed by atoms with Crippen molar-refractivity contribution >= 4 is 41.5 Å². The number of imidazole rings is 1. The maximum absolute atomic E-state index is 13.0. The van der Waals surface area contributed by atoms with E-state index in [0.717, 1.165) is 0 Å². The summed E-state index contributed by atoms with van der Waals surface area (Å²) in [5, 5.41) is 33.7. The molecule has 4 atom stereocenters. The first-order valence-electron chi connectivity index (χ1n) is 10.9. The highest BCUT2D eigenvalue weighted by atomic mass is 16.4. The van der Waals surface area contributed by atoms with E-state index >= 15 is 0 Å². The van der Waals surface area contributed by atoms with E-state index in [2.05, 4.69) is 20.6 Å². The fourth-order valence-corrected chi connectivity index (χ4v) is 2.99. The summed E-state index contributed by atoms with van der Waals surface area (Å²) in [7, 11) is 0. The second-order valence-electron chi connectivity index (χ2n) is 7.94. The van der Waals surface area contributed by atoms with Gasteiger partial charge in [0, 0.05) is 31.2 Å². The van der Waals surface area contributed by atoms with Crippen molar-refractivity contribution in [3.8, 4) is 0 Å². The summed E-state index contributed by atoms with van der Waals surface area (Å²) in [4.78, 5) is 88.9. The highest BCUT2D eigenvalue weighted by Crippen LogP contribution is 2.05. The molecule has 1 aromatic heterocycles. The first-order chi connectivity index (χ1) is 17.3. The number of nitrogens with two attached hydrogens (primary N) is 2. The molecule has 0 aromatic carbocycles. The quantitative estimate of drug-likeness (QED) is 0.0950. The van der Waals surface area contributed by atoms with Crippen LogP contribution in [0.25, 0.3) is 0 Å². The van der Waals surface area contributed by atoms with Crippen LogP contribution in [0.4, 0.5) is 0 Å². The lowest BCUT2D eigenvalue weighted by molar-refractivity contribution is -0.144. The molecule has 0 saturated heterocycles. The zero-order chi connectivity index (χ0) is 28.1. The Balaban J connectivity index is 3.04. The van der Waals surface area contributed by atoms with Crippen molar-refractivity contribution in [2.45, 2.75) is 62.7 Å². The zero-order valence-corrected chi connectivity index (χ0v) is 19.5. The number of hydrogen-bond acceptors (Lipinski definition) is 9. The standard InChI is InChI=1S/C20H29N7O10/c21-10(1-3-14(22)28)17(33)26-12(5-9-7-23-8-24-9)18(34)27-13(6-16(31)32)19(35)25-11(20(36)37)2-4-15(29)30/h7-8,10-13H,1-6,21H2,(H2,22,28)(H,23,24)(H,25,35)(H,26,33)(H,27,34)(H,29,30)(H,31,32)(H,36,37). The molecule has 17 heteroatoms. The van der Waals surface area contributed by atoms with Gasteiger partial charge in [0.25, 0.3) is 0 Å². The van der Waals surface area contributed by atoms with Crippen molar-refractivity contribution < 1.29 is 48.9 Å². The minimum Gasteiger partial charge on any atom is -0.481 e. The van der Waals surface area contributed by atoms with Gasteiger partial charge in [-0.1, -0.05) is 0 Å². The molecule has 1 aromatic rings. The molecule has 0 spiro atoms. The molecule has 1 heterocycles. The van der Waals surface area contributed by atoms with Gasteiger partial charge in [0.1, 0.15) is 18.1 Å². The van der Waals surface area contributed by atoms with Gasteiger partial charge in [-0.15, -0.1) is 0 Å². The van der Waals surface area contributed by atoms with Gasteiger partial charge in [-0.3, -0.25) is 28.8 Å². The van der Waals surface area contributed by atoms with Crippen LogP contribution < -0.4 is 27.4 Å². The van der Waals surface area contributed by atoms with E-state index < -0.39 is 85.0 Å². The van der Waals surface area contributed by atoms with Gasteiger partial charge in [0.05, 0.1) is 18.8 Å². The molecule has 1 rings (SSSR count). The molecule has 0 bridgehead atoms. The first-order valence-corrected chi connectivity index (χ1v) is 10.9. The van der Waals surface area contributed by atoms with Gasteiger partial charge in [-0.05, 0) is 12.8 Å². The van der Waals surface area contributed by atoms with Crippen LogP contribution in [0, 0.1) is 0 Å². The van der Waals surface area contributed by atoms with Gasteiger partial charge in [-0.2, -0.15) is 0 Å². The predicted molar refractivity (Wildman–Crippen MR) is 121 cm³/mol. The van der Waals surface area contributed by atoms with Crippen molar-refractivity contribution in [2.75, 3.05) is 0 Å². The van der Waals surface area contributed by atoms with E-state index in [-0.39, 0.29) is 19.3 Å². The summed E-state index contributed by atoms with van der Waals surface area (Å²) in [6, 6.07) is -6.05. The maximum atomic E-state index is 13.0. The number of aromatic nitrogens is 2. The summed E-state index contributed by atoms with van der Waals surface area (Å²) >= 11 is 0. The molecule has 0 radical (unpaired) electrons. The number of amides is 4.